The predicted octanol–water partition coefficient (Wildman–Crippen LogP) is 1.40. The van der Waals surface area contributed by atoms with Crippen LogP contribution in [0.5, 0.6) is 5.75 Å². The molecule has 1 heterocycles. The number of carbonyl (C=O) groups excluding carboxylic acids is 1. The van der Waals surface area contributed by atoms with Crippen LogP contribution < -0.4 is 10.6 Å². The summed E-state index contributed by atoms with van der Waals surface area (Å²) in [6.07, 6.45) is 1.37. The fourth-order valence-corrected chi connectivity index (χ4v) is 1.48. The highest BCUT2D eigenvalue weighted by molar-refractivity contribution is 6.00. The number of benzene rings is 1. The molecule has 2 rings (SSSR count). The highest BCUT2D eigenvalue weighted by Crippen LogP contribution is 2.21. The van der Waals surface area contributed by atoms with E-state index in [0.717, 1.165) is 6.07 Å². The first-order chi connectivity index (χ1) is 9.56. The minimum atomic E-state index is -1.26. The summed E-state index contributed by atoms with van der Waals surface area (Å²) in [5.41, 5.74) is 0.402. The Morgan fingerprint density at radius 3 is 2.75 bits per heavy atom. The molecule has 2 amide bonds. The van der Waals surface area contributed by atoms with Crippen LogP contribution in [-0.4, -0.2) is 27.4 Å². The van der Waals surface area contributed by atoms with Gasteiger partial charge in [-0.15, -0.1) is 0 Å². The highest BCUT2D eigenvalue weighted by atomic mass is 16.5. The molecule has 0 aliphatic rings. The summed E-state index contributed by atoms with van der Waals surface area (Å²) >= 11 is 0. The second kappa shape index (κ2) is 5.74. The fourth-order valence-electron chi connectivity index (χ4n) is 1.48. The molecule has 1 aromatic heterocycles. The molecule has 0 atom stereocenters. The zero-order chi connectivity index (χ0) is 14.5. The van der Waals surface area contributed by atoms with Crippen molar-refractivity contribution < 1.29 is 24.3 Å². The summed E-state index contributed by atoms with van der Waals surface area (Å²) < 4.78 is 4.60. The van der Waals surface area contributed by atoms with Crippen molar-refractivity contribution in [2.75, 3.05) is 5.32 Å². The normalized spacial score (nSPS) is 10.0. The molecular weight excluding hydrogens is 266 g/mol. The lowest BCUT2D eigenvalue weighted by molar-refractivity contribution is 0.0697. The second-order valence-corrected chi connectivity index (χ2v) is 3.83. The Bertz CT molecular complexity index is 624. The maximum atomic E-state index is 11.6. The van der Waals surface area contributed by atoms with Gasteiger partial charge in [-0.05, 0) is 18.2 Å². The number of carbonyl (C=O) groups is 2. The van der Waals surface area contributed by atoms with Crippen LogP contribution in [0.3, 0.4) is 0 Å². The lowest BCUT2D eigenvalue weighted by atomic mass is 10.1. The summed E-state index contributed by atoms with van der Waals surface area (Å²) in [6, 6.07) is 4.62. The largest absolute Gasteiger partial charge is 0.508 e. The van der Waals surface area contributed by atoms with Crippen LogP contribution in [0.1, 0.15) is 16.1 Å². The number of carboxylic acids is 1. The van der Waals surface area contributed by atoms with E-state index in [1.807, 2.05) is 0 Å². The summed E-state index contributed by atoms with van der Waals surface area (Å²) in [6.45, 7) is 0.142. The molecular formula is C12H11N3O5. The Labute approximate surface area is 113 Å². The topological polar surface area (TPSA) is 125 Å². The molecule has 0 aliphatic heterocycles. The number of aromatic carboxylic acids is 1. The molecule has 0 aliphatic carbocycles. The van der Waals surface area contributed by atoms with E-state index in [0.29, 0.717) is 5.69 Å². The first-order valence-electron chi connectivity index (χ1n) is 5.56. The summed E-state index contributed by atoms with van der Waals surface area (Å²) in [7, 11) is 0. The number of hydrogen-bond donors (Lipinski definition) is 4. The zero-order valence-electron chi connectivity index (χ0n) is 10.2. The van der Waals surface area contributed by atoms with Crippen LogP contribution in [0.15, 0.2) is 35.1 Å². The maximum absolute atomic E-state index is 11.6. The minimum absolute atomic E-state index is 0.0768. The summed E-state index contributed by atoms with van der Waals surface area (Å²) in [4.78, 5) is 22.6. The van der Waals surface area contributed by atoms with Crippen molar-refractivity contribution in [1.82, 2.24) is 10.5 Å². The Morgan fingerprint density at radius 2 is 2.10 bits per heavy atom. The van der Waals surface area contributed by atoms with Gasteiger partial charge in [-0.1, -0.05) is 5.16 Å². The molecule has 0 fully saturated rings. The van der Waals surface area contributed by atoms with Gasteiger partial charge in [0.2, 0.25) is 0 Å². The van der Waals surface area contributed by atoms with Crippen molar-refractivity contribution in [1.29, 1.82) is 0 Å². The molecule has 20 heavy (non-hydrogen) atoms. The van der Waals surface area contributed by atoms with Crippen molar-refractivity contribution in [2.45, 2.75) is 6.54 Å². The van der Waals surface area contributed by atoms with Gasteiger partial charge in [-0.3, -0.25) is 0 Å². The van der Waals surface area contributed by atoms with Gasteiger partial charge in [-0.25, -0.2) is 9.59 Å². The van der Waals surface area contributed by atoms with E-state index in [1.165, 1.54) is 18.4 Å². The second-order valence-electron chi connectivity index (χ2n) is 3.83. The van der Waals surface area contributed by atoms with E-state index in [2.05, 4.69) is 20.3 Å². The predicted molar refractivity (Wildman–Crippen MR) is 67.4 cm³/mol. The van der Waals surface area contributed by atoms with Crippen molar-refractivity contribution in [2.24, 2.45) is 0 Å². The quantitative estimate of drug-likeness (QED) is 0.626. The summed E-state index contributed by atoms with van der Waals surface area (Å²) in [5.74, 6) is -1.45. The molecule has 0 spiro atoms. The van der Waals surface area contributed by atoms with E-state index in [9.17, 15) is 14.7 Å². The van der Waals surface area contributed by atoms with Crippen molar-refractivity contribution in [3.8, 4) is 5.75 Å². The first-order valence-corrected chi connectivity index (χ1v) is 5.56. The van der Waals surface area contributed by atoms with E-state index < -0.39 is 12.0 Å². The molecule has 0 bridgehead atoms. The number of nitrogens with zero attached hydrogens (tertiary/aromatic N) is 1. The van der Waals surface area contributed by atoms with Gasteiger partial charge in [0.25, 0.3) is 0 Å². The summed E-state index contributed by atoms with van der Waals surface area (Å²) in [5, 5.41) is 26.7. The van der Waals surface area contributed by atoms with Crippen LogP contribution in [-0.2, 0) is 6.54 Å². The molecule has 0 saturated carbocycles. The lowest BCUT2D eigenvalue weighted by Gasteiger charge is -2.09. The number of aromatic hydroxyl groups is 1. The minimum Gasteiger partial charge on any atom is -0.508 e. The molecule has 0 unspecified atom stereocenters. The molecule has 0 saturated heterocycles. The Balaban J connectivity index is 2.02. The number of hydrogen-bond acceptors (Lipinski definition) is 5. The van der Waals surface area contributed by atoms with Gasteiger partial charge in [0.15, 0.2) is 0 Å². The van der Waals surface area contributed by atoms with E-state index in [4.69, 9.17) is 5.11 Å². The van der Waals surface area contributed by atoms with Crippen molar-refractivity contribution >= 4 is 17.7 Å². The molecule has 4 N–H and O–H groups in total. The fraction of sp³-hybridized carbons (Fsp3) is 0.0833. The van der Waals surface area contributed by atoms with Crippen LogP contribution >= 0.6 is 0 Å². The average molecular weight is 277 g/mol. The maximum Gasteiger partial charge on any atom is 0.337 e. The molecule has 104 valence electrons. The number of phenols is 1. The third-order valence-electron chi connectivity index (χ3n) is 2.40. The lowest BCUT2D eigenvalue weighted by Crippen LogP contribution is -2.29. The van der Waals surface area contributed by atoms with E-state index >= 15 is 0 Å². The zero-order valence-corrected chi connectivity index (χ0v) is 10.2. The number of carboxylic acid groups (broad SMARTS) is 1. The van der Waals surface area contributed by atoms with Gasteiger partial charge in [-0.2, -0.15) is 0 Å². The smallest absolute Gasteiger partial charge is 0.337 e. The standard InChI is InChI=1S/C12H11N3O5/c16-8-1-2-10(9(5-8)11(17)18)14-12(19)13-6-7-3-4-20-15-7/h1-5,16H,6H2,(H,17,18)(H2,13,14,19). The van der Waals surface area contributed by atoms with Crippen LogP contribution in [0, 0.1) is 0 Å². The number of aromatic nitrogens is 1. The van der Waals surface area contributed by atoms with Crippen molar-refractivity contribution in [3.05, 3.63) is 41.8 Å². The molecule has 2 aromatic rings. The molecule has 0 radical (unpaired) electrons. The third kappa shape index (κ3) is 3.25. The molecule has 8 nitrogen and oxygen atoms in total. The SMILES string of the molecule is O=C(NCc1ccon1)Nc1ccc(O)cc1C(=O)O. The first kappa shape index (κ1) is 13.4. The number of rotatable bonds is 4. The Morgan fingerprint density at radius 1 is 1.30 bits per heavy atom. The van der Waals surface area contributed by atoms with Gasteiger partial charge in [0.05, 0.1) is 17.8 Å². The van der Waals surface area contributed by atoms with E-state index in [-0.39, 0.29) is 23.5 Å². The highest BCUT2D eigenvalue weighted by Gasteiger charge is 2.13. The number of amides is 2. The number of anilines is 1. The van der Waals surface area contributed by atoms with Crippen LogP contribution in [0.2, 0.25) is 0 Å². The van der Waals surface area contributed by atoms with Crippen molar-refractivity contribution in [3.63, 3.8) is 0 Å². The van der Waals surface area contributed by atoms with Crippen LogP contribution in [0.4, 0.5) is 10.5 Å². The average Bonchev–Trinajstić information content (AvgIpc) is 2.91. The van der Waals surface area contributed by atoms with Crippen LogP contribution in [0.25, 0.3) is 0 Å². The number of urea groups is 1. The number of phenolic OH excluding ortho intramolecular Hbond substituents is 1. The van der Waals surface area contributed by atoms with Gasteiger partial charge < -0.3 is 25.4 Å². The van der Waals surface area contributed by atoms with E-state index in [1.54, 1.807) is 6.07 Å². The van der Waals surface area contributed by atoms with Gasteiger partial charge >= 0.3 is 12.0 Å². The molecule has 8 heteroatoms. The Hall–Kier alpha value is -3.03. The molecule has 1 aromatic carbocycles. The number of nitrogens with one attached hydrogen (secondary N) is 2. The Kier molecular flexibility index (Phi) is 3.85. The van der Waals surface area contributed by atoms with Gasteiger partial charge in [0.1, 0.15) is 17.7 Å². The third-order valence-corrected chi connectivity index (χ3v) is 2.40. The van der Waals surface area contributed by atoms with Gasteiger partial charge in [0, 0.05) is 6.07 Å². The monoisotopic (exact) mass is 277 g/mol.